The van der Waals surface area contributed by atoms with E-state index >= 15 is 0 Å². The molecule has 0 bridgehead atoms. The fraction of sp³-hybridized carbons (Fsp3) is 0.167. The molecule has 1 N–H and O–H groups in total. The highest BCUT2D eigenvalue weighted by atomic mass is 16.1. The zero-order valence-electron chi connectivity index (χ0n) is 9.61. The number of hydrogen-bond donors (Lipinski definition) is 1. The minimum absolute atomic E-state index is 0.187. The fourth-order valence-electron chi connectivity index (χ4n) is 1.43. The molecule has 0 aliphatic rings. The van der Waals surface area contributed by atoms with E-state index in [2.05, 4.69) is 15.4 Å². The van der Waals surface area contributed by atoms with Crippen LogP contribution in [0, 0.1) is 0 Å². The van der Waals surface area contributed by atoms with Crippen LogP contribution in [0.3, 0.4) is 0 Å². The van der Waals surface area contributed by atoms with Crippen LogP contribution in [0.25, 0.3) is 0 Å². The first-order valence-corrected chi connectivity index (χ1v) is 5.48. The summed E-state index contributed by atoms with van der Waals surface area (Å²) >= 11 is 0. The molecule has 0 aliphatic heterocycles. The predicted molar refractivity (Wildman–Crippen MR) is 65.1 cm³/mol. The van der Waals surface area contributed by atoms with Crippen LogP contribution in [0.1, 0.15) is 10.4 Å². The van der Waals surface area contributed by atoms with Gasteiger partial charge in [-0.25, -0.2) is 4.68 Å². The summed E-state index contributed by atoms with van der Waals surface area (Å²) in [5, 5.41) is 6.58. The van der Waals surface area contributed by atoms with Gasteiger partial charge in [0.1, 0.15) is 0 Å². The molecule has 0 aromatic carbocycles. The predicted octanol–water partition coefficient (Wildman–Crippen LogP) is 0.0683. The SMILES string of the molecule is O=C(NCCn1ncccc1=O)c1cccnc1. The van der Waals surface area contributed by atoms with Gasteiger partial charge in [0, 0.05) is 31.2 Å². The lowest BCUT2D eigenvalue weighted by Gasteiger charge is -2.05. The molecule has 2 heterocycles. The van der Waals surface area contributed by atoms with Gasteiger partial charge in [-0.1, -0.05) is 0 Å². The van der Waals surface area contributed by atoms with E-state index in [1.165, 1.54) is 23.1 Å². The lowest BCUT2D eigenvalue weighted by atomic mass is 10.3. The Labute approximate surface area is 103 Å². The molecule has 18 heavy (non-hydrogen) atoms. The van der Waals surface area contributed by atoms with E-state index in [0.29, 0.717) is 18.7 Å². The van der Waals surface area contributed by atoms with Gasteiger partial charge in [0.05, 0.1) is 12.1 Å². The van der Waals surface area contributed by atoms with Crippen LogP contribution >= 0.6 is 0 Å². The molecule has 2 rings (SSSR count). The number of amides is 1. The van der Waals surface area contributed by atoms with Crippen molar-refractivity contribution in [3.05, 3.63) is 58.8 Å². The number of carbonyl (C=O) groups is 1. The molecular formula is C12H12N4O2. The molecule has 1 amide bonds. The molecule has 0 radical (unpaired) electrons. The Bertz CT molecular complexity index is 580. The summed E-state index contributed by atoms with van der Waals surface area (Å²) in [7, 11) is 0. The van der Waals surface area contributed by atoms with Gasteiger partial charge in [-0.3, -0.25) is 14.6 Å². The molecule has 0 fully saturated rings. The smallest absolute Gasteiger partial charge is 0.266 e. The van der Waals surface area contributed by atoms with Gasteiger partial charge in [0.15, 0.2) is 0 Å². The molecule has 2 aromatic heterocycles. The summed E-state index contributed by atoms with van der Waals surface area (Å²) in [6.07, 6.45) is 4.62. The Morgan fingerprint density at radius 1 is 1.28 bits per heavy atom. The van der Waals surface area contributed by atoms with Crippen LogP contribution in [0.15, 0.2) is 47.7 Å². The van der Waals surface area contributed by atoms with Crippen molar-refractivity contribution in [2.45, 2.75) is 6.54 Å². The van der Waals surface area contributed by atoms with Gasteiger partial charge in [-0.15, -0.1) is 0 Å². The van der Waals surface area contributed by atoms with Crippen molar-refractivity contribution in [2.24, 2.45) is 0 Å². The van der Waals surface area contributed by atoms with E-state index in [4.69, 9.17) is 0 Å². The Hall–Kier alpha value is -2.50. The summed E-state index contributed by atoms with van der Waals surface area (Å²) in [4.78, 5) is 26.9. The van der Waals surface area contributed by atoms with Crippen molar-refractivity contribution >= 4 is 5.91 Å². The number of pyridine rings is 1. The zero-order chi connectivity index (χ0) is 12.8. The molecule has 0 saturated carbocycles. The first kappa shape index (κ1) is 12.0. The third-order valence-corrected chi connectivity index (χ3v) is 2.32. The molecule has 0 unspecified atom stereocenters. The van der Waals surface area contributed by atoms with Gasteiger partial charge in [0.2, 0.25) is 0 Å². The summed E-state index contributed by atoms with van der Waals surface area (Å²) in [5.74, 6) is -0.216. The third-order valence-electron chi connectivity index (χ3n) is 2.32. The van der Waals surface area contributed by atoms with Gasteiger partial charge >= 0.3 is 0 Å². The van der Waals surface area contributed by atoms with E-state index in [-0.39, 0.29) is 11.5 Å². The van der Waals surface area contributed by atoms with Gasteiger partial charge in [0.25, 0.3) is 11.5 Å². The molecule has 6 heteroatoms. The standard InChI is InChI=1S/C12H12N4O2/c17-11-4-2-6-15-16(11)8-7-14-12(18)10-3-1-5-13-9-10/h1-6,9H,7-8H2,(H,14,18). The van der Waals surface area contributed by atoms with Crippen LogP contribution in [0.5, 0.6) is 0 Å². The van der Waals surface area contributed by atoms with E-state index in [1.54, 1.807) is 24.4 Å². The Kier molecular flexibility index (Phi) is 3.80. The maximum absolute atomic E-state index is 11.7. The Morgan fingerprint density at radius 3 is 2.83 bits per heavy atom. The highest BCUT2D eigenvalue weighted by molar-refractivity contribution is 5.93. The normalized spacial score (nSPS) is 10.0. The average molecular weight is 244 g/mol. The van der Waals surface area contributed by atoms with Crippen LogP contribution in [-0.2, 0) is 6.54 Å². The fourth-order valence-corrected chi connectivity index (χ4v) is 1.43. The first-order chi connectivity index (χ1) is 8.77. The first-order valence-electron chi connectivity index (χ1n) is 5.48. The summed E-state index contributed by atoms with van der Waals surface area (Å²) < 4.78 is 1.30. The number of nitrogens with zero attached hydrogens (tertiary/aromatic N) is 3. The van der Waals surface area contributed by atoms with Crippen molar-refractivity contribution < 1.29 is 4.79 Å². The van der Waals surface area contributed by atoms with Gasteiger partial charge < -0.3 is 5.32 Å². The maximum atomic E-state index is 11.7. The monoisotopic (exact) mass is 244 g/mol. The number of hydrogen-bond acceptors (Lipinski definition) is 4. The van der Waals surface area contributed by atoms with Gasteiger partial charge in [-0.2, -0.15) is 5.10 Å². The van der Waals surface area contributed by atoms with E-state index < -0.39 is 0 Å². The molecule has 0 spiro atoms. The summed E-state index contributed by atoms with van der Waals surface area (Å²) in [5.41, 5.74) is 0.305. The largest absolute Gasteiger partial charge is 0.350 e. The topological polar surface area (TPSA) is 76.9 Å². The quantitative estimate of drug-likeness (QED) is 0.825. The Balaban J connectivity index is 1.88. The van der Waals surface area contributed by atoms with Crippen LogP contribution < -0.4 is 10.9 Å². The van der Waals surface area contributed by atoms with Gasteiger partial charge in [-0.05, 0) is 18.2 Å². The van der Waals surface area contributed by atoms with E-state index in [1.807, 2.05) is 0 Å². The number of aromatic nitrogens is 3. The average Bonchev–Trinajstić information content (AvgIpc) is 2.42. The van der Waals surface area contributed by atoms with E-state index in [0.717, 1.165) is 0 Å². The second-order valence-electron chi connectivity index (χ2n) is 3.58. The number of carbonyl (C=O) groups excluding carboxylic acids is 1. The lowest BCUT2D eigenvalue weighted by Crippen LogP contribution is -2.31. The summed E-state index contributed by atoms with van der Waals surface area (Å²) in [6.45, 7) is 0.677. The highest BCUT2D eigenvalue weighted by Gasteiger charge is 2.04. The second kappa shape index (κ2) is 5.72. The molecule has 0 aliphatic carbocycles. The zero-order valence-corrected chi connectivity index (χ0v) is 9.61. The molecular weight excluding hydrogens is 232 g/mol. The third kappa shape index (κ3) is 3.00. The molecule has 2 aromatic rings. The molecule has 0 saturated heterocycles. The van der Waals surface area contributed by atoms with Crippen molar-refractivity contribution in [2.75, 3.05) is 6.54 Å². The van der Waals surface area contributed by atoms with Crippen molar-refractivity contribution in [3.8, 4) is 0 Å². The molecule has 6 nitrogen and oxygen atoms in total. The van der Waals surface area contributed by atoms with Crippen molar-refractivity contribution in [1.29, 1.82) is 0 Å². The van der Waals surface area contributed by atoms with Crippen molar-refractivity contribution in [1.82, 2.24) is 20.1 Å². The van der Waals surface area contributed by atoms with Crippen LogP contribution in [0.4, 0.5) is 0 Å². The van der Waals surface area contributed by atoms with E-state index in [9.17, 15) is 9.59 Å². The maximum Gasteiger partial charge on any atom is 0.266 e. The highest BCUT2D eigenvalue weighted by Crippen LogP contribution is 1.94. The number of nitrogens with one attached hydrogen (secondary N) is 1. The second-order valence-corrected chi connectivity index (χ2v) is 3.58. The minimum atomic E-state index is -0.216. The molecule has 92 valence electrons. The van der Waals surface area contributed by atoms with Crippen LogP contribution in [-0.4, -0.2) is 27.2 Å². The molecule has 0 atom stereocenters. The summed E-state index contributed by atoms with van der Waals surface area (Å²) in [6, 6.07) is 6.37. The van der Waals surface area contributed by atoms with Crippen molar-refractivity contribution in [3.63, 3.8) is 0 Å². The van der Waals surface area contributed by atoms with Crippen LogP contribution in [0.2, 0.25) is 0 Å². The number of rotatable bonds is 4. The Morgan fingerprint density at radius 2 is 2.11 bits per heavy atom. The lowest BCUT2D eigenvalue weighted by molar-refractivity contribution is 0.0951. The minimum Gasteiger partial charge on any atom is -0.350 e.